The Morgan fingerprint density at radius 2 is 1.68 bits per heavy atom. The zero-order chi connectivity index (χ0) is 26.9. The fourth-order valence-electron chi connectivity index (χ4n) is 3.83. The van der Waals surface area contributed by atoms with Crippen molar-refractivity contribution in [3.05, 3.63) is 54.1 Å². The summed E-state index contributed by atoms with van der Waals surface area (Å²) in [4.78, 5) is 52.6. The van der Waals surface area contributed by atoms with Crippen LogP contribution in [0.2, 0.25) is 0 Å². The van der Waals surface area contributed by atoms with Crippen molar-refractivity contribution in [2.75, 3.05) is 36.5 Å². The largest absolute Gasteiger partial charge is 0.494 e. The Morgan fingerprint density at radius 1 is 1.00 bits per heavy atom. The minimum Gasteiger partial charge on any atom is -0.494 e. The van der Waals surface area contributed by atoms with E-state index in [1.54, 1.807) is 60.4 Å². The van der Waals surface area contributed by atoms with E-state index in [9.17, 15) is 19.2 Å². The number of nitrogens with zero attached hydrogens (tertiary/aromatic N) is 2. The molecule has 0 radical (unpaired) electrons. The lowest BCUT2D eigenvalue weighted by Gasteiger charge is -2.24. The molecule has 0 spiro atoms. The summed E-state index contributed by atoms with van der Waals surface area (Å²) in [6.45, 7) is 6.29. The molecule has 0 aliphatic carbocycles. The second-order valence-electron chi connectivity index (χ2n) is 8.13. The second kappa shape index (κ2) is 12.8. The Labute approximate surface area is 220 Å². The molecule has 1 aliphatic heterocycles. The number of amides is 3. The molecule has 1 saturated heterocycles. The molecular formula is C26H30N4O6S. The molecule has 1 unspecified atom stereocenters. The molecule has 2 aromatic carbocycles. The summed E-state index contributed by atoms with van der Waals surface area (Å²) in [6.07, 6.45) is -0.161. The maximum Gasteiger partial charge on any atom is 0.338 e. The van der Waals surface area contributed by atoms with Crippen LogP contribution in [-0.2, 0) is 19.1 Å². The van der Waals surface area contributed by atoms with Crippen LogP contribution in [0, 0.1) is 0 Å². The van der Waals surface area contributed by atoms with Crippen LogP contribution in [-0.4, -0.2) is 66.0 Å². The van der Waals surface area contributed by atoms with Gasteiger partial charge in [0.1, 0.15) is 11.8 Å². The Morgan fingerprint density at radius 3 is 2.27 bits per heavy atom. The quantitative estimate of drug-likeness (QED) is 0.339. The maximum atomic E-state index is 13.5. The summed E-state index contributed by atoms with van der Waals surface area (Å²) in [5.74, 6) is -0.737. The number of benzene rings is 2. The third kappa shape index (κ3) is 7.04. The number of carbonyl (C=O) groups is 4. The highest BCUT2D eigenvalue weighted by Crippen LogP contribution is 2.28. The summed E-state index contributed by atoms with van der Waals surface area (Å²) >= 11 is 5.62. The first-order valence-corrected chi connectivity index (χ1v) is 12.3. The van der Waals surface area contributed by atoms with Gasteiger partial charge < -0.3 is 25.0 Å². The monoisotopic (exact) mass is 526 g/mol. The van der Waals surface area contributed by atoms with Crippen molar-refractivity contribution in [3.63, 3.8) is 0 Å². The normalized spacial score (nSPS) is 14.9. The molecular weight excluding hydrogens is 496 g/mol. The van der Waals surface area contributed by atoms with E-state index in [0.29, 0.717) is 29.3 Å². The van der Waals surface area contributed by atoms with Crippen molar-refractivity contribution in [2.45, 2.75) is 33.2 Å². The molecule has 1 aliphatic rings. The lowest BCUT2D eigenvalue weighted by molar-refractivity contribution is -0.124. The van der Waals surface area contributed by atoms with E-state index in [0.717, 1.165) is 0 Å². The van der Waals surface area contributed by atoms with E-state index in [2.05, 4.69) is 10.6 Å². The fourth-order valence-corrected chi connectivity index (χ4v) is 4.24. The van der Waals surface area contributed by atoms with Gasteiger partial charge in [-0.3, -0.25) is 19.3 Å². The maximum absolute atomic E-state index is 13.5. The van der Waals surface area contributed by atoms with E-state index in [1.807, 2.05) is 6.92 Å². The number of hydrogen-bond donors (Lipinski definition) is 2. The highest BCUT2D eigenvalue weighted by Gasteiger charge is 2.43. The molecule has 2 aromatic rings. The van der Waals surface area contributed by atoms with E-state index in [-0.39, 0.29) is 43.0 Å². The van der Waals surface area contributed by atoms with Gasteiger partial charge in [-0.2, -0.15) is 0 Å². The topological polar surface area (TPSA) is 117 Å². The standard InChI is InChI=1S/C26H30N4O6S/c1-4-35-21-12-10-20(11-13-21)30-24(33)22(29(26(30)37)15-14-27-17(3)31)16-23(32)28-19-8-6-18(7-9-19)25(34)36-5-2/h6-13,22H,4-5,14-16H2,1-3H3,(H,27,31)(H,28,32). The zero-order valence-electron chi connectivity index (χ0n) is 21.0. The zero-order valence-corrected chi connectivity index (χ0v) is 21.8. The molecule has 3 amide bonds. The molecule has 1 heterocycles. The predicted molar refractivity (Wildman–Crippen MR) is 143 cm³/mol. The van der Waals surface area contributed by atoms with Crippen molar-refractivity contribution < 1.29 is 28.7 Å². The third-order valence-electron chi connectivity index (χ3n) is 5.51. The Kier molecular flexibility index (Phi) is 9.56. The smallest absolute Gasteiger partial charge is 0.338 e. The predicted octanol–water partition coefficient (Wildman–Crippen LogP) is 2.73. The number of anilines is 2. The SMILES string of the molecule is CCOC(=O)c1ccc(NC(=O)CC2C(=O)N(c3ccc(OCC)cc3)C(=S)N2CCNC(C)=O)cc1. The van der Waals surface area contributed by atoms with E-state index in [4.69, 9.17) is 21.7 Å². The van der Waals surface area contributed by atoms with Crippen molar-refractivity contribution in [2.24, 2.45) is 0 Å². The summed E-state index contributed by atoms with van der Waals surface area (Å²) in [6, 6.07) is 12.4. The molecule has 2 N–H and O–H groups in total. The lowest BCUT2D eigenvalue weighted by atomic mass is 10.1. The van der Waals surface area contributed by atoms with Gasteiger partial charge in [0.05, 0.1) is 30.9 Å². The van der Waals surface area contributed by atoms with Crippen LogP contribution in [0.4, 0.5) is 11.4 Å². The number of nitrogens with one attached hydrogen (secondary N) is 2. The van der Waals surface area contributed by atoms with Gasteiger partial charge in [0.25, 0.3) is 5.91 Å². The van der Waals surface area contributed by atoms with Crippen LogP contribution < -0.4 is 20.3 Å². The summed E-state index contributed by atoms with van der Waals surface area (Å²) in [5, 5.41) is 5.70. The second-order valence-corrected chi connectivity index (χ2v) is 8.49. The molecule has 0 aromatic heterocycles. The van der Waals surface area contributed by atoms with Gasteiger partial charge in [0.15, 0.2) is 5.11 Å². The van der Waals surface area contributed by atoms with Gasteiger partial charge in [0.2, 0.25) is 11.8 Å². The van der Waals surface area contributed by atoms with Gasteiger partial charge in [-0.05, 0) is 74.6 Å². The molecule has 11 heteroatoms. The highest BCUT2D eigenvalue weighted by atomic mass is 32.1. The van der Waals surface area contributed by atoms with Crippen molar-refractivity contribution >= 4 is 52.4 Å². The minimum atomic E-state index is -0.855. The molecule has 3 rings (SSSR count). The van der Waals surface area contributed by atoms with Crippen molar-refractivity contribution in [1.29, 1.82) is 0 Å². The van der Waals surface area contributed by atoms with Gasteiger partial charge in [-0.15, -0.1) is 0 Å². The van der Waals surface area contributed by atoms with Gasteiger partial charge >= 0.3 is 5.97 Å². The minimum absolute atomic E-state index is 0.161. The third-order valence-corrected chi connectivity index (χ3v) is 5.93. The molecule has 0 bridgehead atoms. The average molecular weight is 527 g/mol. The molecule has 0 saturated carbocycles. The first-order valence-electron chi connectivity index (χ1n) is 11.9. The van der Waals surface area contributed by atoms with Crippen molar-refractivity contribution in [1.82, 2.24) is 10.2 Å². The molecule has 1 fully saturated rings. The van der Waals surface area contributed by atoms with Crippen LogP contribution in [0.1, 0.15) is 37.6 Å². The van der Waals surface area contributed by atoms with Gasteiger partial charge in [0, 0.05) is 25.7 Å². The molecule has 196 valence electrons. The Balaban J connectivity index is 1.75. The van der Waals surface area contributed by atoms with Gasteiger partial charge in [-0.25, -0.2) is 4.79 Å². The number of carbonyl (C=O) groups excluding carboxylic acids is 4. The van der Waals surface area contributed by atoms with Crippen LogP contribution in [0.25, 0.3) is 0 Å². The van der Waals surface area contributed by atoms with Crippen LogP contribution in [0.3, 0.4) is 0 Å². The number of rotatable bonds is 11. The van der Waals surface area contributed by atoms with E-state index < -0.39 is 17.9 Å². The Hall–Kier alpha value is -3.99. The fraction of sp³-hybridized carbons (Fsp3) is 0.346. The average Bonchev–Trinajstić information content (AvgIpc) is 3.09. The van der Waals surface area contributed by atoms with E-state index >= 15 is 0 Å². The van der Waals surface area contributed by atoms with Crippen LogP contribution in [0.5, 0.6) is 5.75 Å². The Bertz CT molecular complexity index is 1150. The highest BCUT2D eigenvalue weighted by molar-refractivity contribution is 7.80. The number of esters is 1. The number of ether oxygens (including phenoxy) is 2. The number of thiocarbonyl (C=S) groups is 1. The van der Waals surface area contributed by atoms with Crippen LogP contribution in [0.15, 0.2) is 48.5 Å². The van der Waals surface area contributed by atoms with E-state index in [1.165, 1.54) is 11.8 Å². The lowest BCUT2D eigenvalue weighted by Crippen LogP contribution is -2.42. The first-order chi connectivity index (χ1) is 17.7. The molecule has 10 nitrogen and oxygen atoms in total. The molecule has 37 heavy (non-hydrogen) atoms. The summed E-state index contributed by atoms with van der Waals surface area (Å²) in [7, 11) is 0. The summed E-state index contributed by atoms with van der Waals surface area (Å²) < 4.78 is 10.4. The molecule has 1 atom stereocenters. The number of hydrogen-bond acceptors (Lipinski definition) is 7. The first kappa shape index (κ1) is 27.6. The van der Waals surface area contributed by atoms with Gasteiger partial charge in [-0.1, -0.05) is 0 Å². The van der Waals surface area contributed by atoms with Crippen molar-refractivity contribution in [3.8, 4) is 5.75 Å². The summed E-state index contributed by atoms with van der Waals surface area (Å²) in [5.41, 5.74) is 1.39. The van der Waals surface area contributed by atoms with Crippen LogP contribution >= 0.6 is 12.2 Å².